The molecule has 45 heavy (non-hydrogen) atoms. The van der Waals surface area contributed by atoms with E-state index >= 15 is 0 Å². The number of primary amides is 1. The van der Waals surface area contributed by atoms with Crippen LogP contribution in [0.1, 0.15) is 64.2 Å². The molecule has 10 heteroatoms. The monoisotopic (exact) mass is 678 g/mol. The van der Waals surface area contributed by atoms with Crippen molar-refractivity contribution in [3.63, 3.8) is 0 Å². The average molecular weight is 680 g/mol. The van der Waals surface area contributed by atoms with Gasteiger partial charge in [0.25, 0.3) is 0 Å². The van der Waals surface area contributed by atoms with Crippen molar-refractivity contribution >= 4 is 63.1 Å². The third kappa shape index (κ3) is 7.29. The fourth-order valence-electron chi connectivity index (χ4n) is 5.90. The number of rotatable bonds is 9. The lowest BCUT2D eigenvalue weighted by Crippen LogP contribution is -2.38. The van der Waals surface area contributed by atoms with Gasteiger partial charge >= 0.3 is 0 Å². The summed E-state index contributed by atoms with van der Waals surface area (Å²) in [6.07, 6.45) is 3.69. The van der Waals surface area contributed by atoms with Crippen molar-refractivity contribution in [2.24, 2.45) is 16.6 Å². The zero-order valence-corrected chi connectivity index (χ0v) is 27.5. The Balaban J connectivity index is 1.29. The molecule has 6 nitrogen and oxygen atoms in total. The molecular weight excluding hydrogens is 647 g/mol. The van der Waals surface area contributed by atoms with Gasteiger partial charge < -0.3 is 11.5 Å². The van der Waals surface area contributed by atoms with E-state index in [1.54, 1.807) is 12.1 Å². The van der Waals surface area contributed by atoms with Gasteiger partial charge in [-0.15, -0.1) is 0 Å². The van der Waals surface area contributed by atoms with Crippen LogP contribution in [0.25, 0.3) is 0 Å². The number of nitrogen functional groups attached to an aromatic ring is 1. The van der Waals surface area contributed by atoms with E-state index in [1.807, 2.05) is 34.6 Å². The summed E-state index contributed by atoms with van der Waals surface area (Å²) in [5.74, 6) is -0.546. The third-order valence-corrected chi connectivity index (χ3v) is 10.8. The molecule has 1 aliphatic heterocycles. The topological polar surface area (TPSA) is 102 Å². The number of halogens is 3. The van der Waals surface area contributed by atoms with Gasteiger partial charge in [-0.2, -0.15) is 0 Å². The van der Waals surface area contributed by atoms with Crippen LogP contribution in [0.2, 0.25) is 15.1 Å². The number of nitrogens with two attached hydrogens (primary N) is 2. The molecule has 0 spiro atoms. The minimum Gasteiger partial charge on any atom is -0.398 e. The smallest absolute Gasteiger partial charge is 0.250 e. The van der Waals surface area contributed by atoms with Gasteiger partial charge in [0.1, 0.15) is 11.0 Å². The molecule has 1 aliphatic carbocycles. The number of carbonyl (C=O) groups excluding carboxylic acids is 1. The van der Waals surface area contributed by atoms with Crippen molar-refractivity contribution in [1.29, 1.82) is 0 Å². The second-order valence-corrected chi connectivity index (χ2v) is 14.4. The Morgan fingerprint density at radius 1 is 0.778 bits per heavy atom. The molecule has 1 saturated heterocycles. The van der Waals surface area contributed by atoms with Gasteiger partial charge in [0.2, 0.25) is 5.91 Å². The van der Waals surface area contributed by atoms with Crippen LogP contribution in [0.5, 0.6) is 0 Å². The zero-order valence-electron chi connectivity index (χ0n) is 24.5. The van der Waals surface area contributed by atoms with Gasteiger partial charge in [-0.25, -0.2) is 8.51 Å². The van der Waals surface area contributed by atoms with Gasteiger partial charge in [-0.1, -0.05) is 65.1 Å². The van der Waals surface area contributed by atoms with Crippen LogP contribution in [-0.2, 0) is 11.0 Å². The summed E-state index contributed by atoms with van der Waals surface area (Å²) in [7, 11) is -1.45. The summed E-state index contributed by atoms with van der Waals surface area (Å²) in [5.41, 5.74) is 18.3. The normalized spacial score (nSPS) is 17.0. The predicted octanol–water partition coefficient (Wildman–Crippen LogP) is 7.89. The maximum Gasteiger partial charge on any atom is 0.250 e. The molecule has 4 aromatic carbocycles. The molecule has 2 fully saturated rings. The van der Waals surface area contributed by atoms with Gasteiger partial charge in [0.15, 0.2) is 0 Å². The zero-order chi connectivity index (χ0) is 31.7. The number of benzene rings is 4. The first-order valence-electron chi connectivity index (χ1n) is 14.9. The van der Waals surface area contributed by atoms with Crippen LogP contribution < -0.4 is 11.5 Å². The predicted molar refractivity (Wildman–Crippen MR) is 185 cm³/mol. The highest BCUT2D eigenvalue weighted by atomic mass is 35.5. The van der Waals surface area contributed by atoms with Gasteiger partial charge in [-0.3, -0.25) is 9.79 Å². The van der Waals surface area contributed by atoms with Gasteiger partial charge in [0, 0.05) is 51.9 Å². The second kappa shape index (κ2) is 13.7. The van der Waals surface area contributed by atoms with Crippen LogP contribution in [0.4, 0.5) is 5.69 Å². The van der Waals surface area contributed by atoms with Crippen LogP contribution in [0.15, 0.2) is 94.8 Å². The fourth-order valence-corrected chi connectivity index (χ4v) is 7.61. The highest BCUT2D eigenvalue weighted by Gasteiger charge is 2.31. The molecule has 0 bridgehead atoms. The minimum atomic E-state index is -1.45. The number of amides is 1. The summed E-state index contributed by atoms with van der Waals surface area (Å²) in [4.78, 5) is 17.5. The second-order valence-electron chi connectivity index (χ2n) is 11.6. The number of hydrogen-bond donors (Lipinski definition) is 2. The molecule has 1 unspecified atom stereocenters. The van der Waals surface area contributed by atoms with E-state index in [-0.39, 0.29) is 22.4 Å². The first kappa shape index (κ1) is 31.8. The van der Waals surface area contributed by atoms with E-state index < -0.39 is 16.9 Å². The van der Waals surface area contributed by atoms with Crippen molar-refractivity contribution in [3.05, 3.63) is 128 Å². The molecule has 0 aromatic heterocycles. The largest absolute Gasteiger partial charge is 0.398 e. The molecule has 1 heterocycles. The maximum atomic E-state index is 13.5. The molecule has 0 radical (unpaired) electrons. The van der Waals surface area contributed by atoms with E-state index in [1.165, 1.54) is 6.07 Å². The first-order chi connectivity index (χ1) is 21.7. The van der Waals surface area contributed by atoms with E-state index in [0.29, 0.717) is 39.8 Å². The number of anilines is 1. The van der Waals surface area contributed by atoms with E-state index in [4.69, 9.17) is 51.3 Å². The van der Waals surface area contributed by atoms with Crippen molar-refractivity contribution in [2.75, 3.05) is 18.8 Å². The lowest BCUT2D eigenvalue weighted by molar-refractivity contribution is 0.1000. The number of nitrogens with zero attached hydrogens (tertiary/aromatic N) is 2. The lowest BCUT2D eigenvalue weighted by atomic mass is 9.82. The molecule has 4 aromatic rings. The Hall–Kier alpha value is -3.20. The summed E-state index contributed by atoms with van der Waals surface area (Å²) < 4.78 is 15.4. The summed E-state index contributed by atoms with van der Waals surface area (Å²) >= 11 is 18.6. The summed E-state index contributed by atoms with van der Waals surface area (Å²) in [5, 5.41) is 1.61. The number of hydrogen-bond acceptors (Lipinski definition) is 4. The van der Waals surface area contributed by atoms with Gasteiger partial charge in [0.05, 0.1) is 21.5 Å². The SMILES string of the molecule is NC(=O)c1cc(S(=O)N2CCC(C(=NC3CC3)c3cc(C(c4ccc(Cl)cc4)c4ccc(Cl)cc4)ccc3N)CC2)ccc1Cl. The quantitative estimate of drug-likeness (QED) is 0.107. The minimum absolute atomic E-state index is 0.0602. The number of aliphatic imine (C=N–C) groups is 1. The van der Waals surface area contributed by atoms with Gasteiger partial charge in [-0.05, 0) is 97.0 Å². The van der Waals surface area contributed by atoms with Crippen LogP contribution in [0, 0.1) is 5.92 Å². The van der Waals surface area contributed by atoms with E-state index in [2.05, 4.69) is 36.4 Å². The van der Waals surface area contributed by atoms with E-state index in [0.717, 1.165) is 53.6 Å². The molecule has 6 rings (SSSR count). The van der Waals surface area contributed by atoms with Crippen molar-refractivity contribution in [2.45, 2.75) is 42.5 Å². The van der Waals surface area contributed by atoms with Crippen LogP contribution >= 0.6 is 34.8 Å². The highest BCUT2D eigenvalue weighted by molar-refractivity contribution is 7.82. The van der Waals surface area contributed by atoms with E-state index in [9.17, 15) is 9.00 Å². The molecule has 232 valence electrons. The molecule has 1 saturated carbocycles. The Kier molecular flexibility index (Phi) is 9.64. The van der Waals surface area contributed by atoms with Crippen molar-refractivity contribution in [3.8, 4) is 0 Å². The number of piperidine rings is 1. The standard InChI is InChI=1S/C35H33Cl3N4O2S/c36-25-6-1-21(2-7-25)33(22-3-8-26(37)9-4-22)24-5-14-32(39)30(19-24)34(41-27-10-11-27)23-15-17-42(18-16-23)45(44)28-12-13-31(38)29(20-28)35(40)43/h1-9,12-14,19-20,23,27,33H,10-11,15-18,39H2,(H2,40,43). The highest BCUT2D eigenvalue weighted by Crippen LogP contribution is 2.37. The van der Waals surface area contributed by atoms with Crippen LogP contribution in [-0.4, -0.2) is 39.3 Å². The van der Waals surface area contributed by atoms with Crippen molar-refractivity contribution < 1.29 is 9.00 Å². The average Bonchev–Trinajstić information content (AvgIpc) is 3.87. The molecule has 2 aliphatic rings. The number of carbonyl (C=O) groups is 1. The Morgan fingerprint density at radius 3 is 1.91 bits per heavy atom. The lowest BCUT2D eigenvalue weighted by Gasteiger charge is -2.32. The molecular formula is C35H33Cl3N4O2S. The fraction of sp³-hybridized carbons (Fsp3) is 0.257. The van der Waals surface area contributed by atoms with Crippen LogP contribution in [0.3, 0.4) is 0 Å². The maximum absolute atomic E-state index is 13.5. The Morgan fingerprint density at radius 2 is 1.36 bits per heavy atom. The van der Waals surface area contributed by atoms with Crippen molar-refractivity contribution in [1.82, 2.24) is 4.31 Å². The molecule has 4 N–H and O–H groups in total. The third-order valence-electron chi connectivity index (χ3n) is 8.44. The first-order valence-corrected chi connectivity index (χ1v) is 17.2. The summed E-state index contributed by atoms with van der Waals surface area (Å²) in [6, 6.07) is 27.2. The Labute approximate surface area is 281 Å². The summed E-state index contributed by atoms with van der Waals surface area (Å²) in [6.45, 7) is 1.21. The molecule has 1 amide bonds. The Bertz CT molecular complexity index is 1720. The molecule has 1 atom stereocenters.